The lowest BCUT2D eigenvalue weighted by Gasteiger charge is -2.16. The van der Waals surface area contributed by atoms with Crippen LogP contribution in [0.4, 0.5) is 4.39 Å². The first-order valence-electron chi connectivity index (χ1n) is 10.9. The van der Waals surface area contributed by atoms with Crippen molar-refractivity contribution in [2.75, 3.05) is 0 Å². The summed E-state index contributed by atoms with van der Waals surface area (Å²) in [4.78, 5) is 3.82. The molecule has 0 atom stereocenters. The average molecular weight is 421 g/mol. The summed E-state index contributed by atoms with van der Waals surface area (Å²) in [6.45, 7) is 13.7. The third-order valence-corrected chi connectivity index (χ3v) is 6.80. The van der Waals surface area contributed by atoms with Crippen molar-refractivity contribution in [1.29, 1.82) is 0 Å². The first-order valence-corrected chi connectivity index (χ1v) is 10.9. The van der Waals surface area contributed by atoms with Gasteiger partial charge in [-0.05, 0) is 41.6 Å². The molecule has 3 aromatic heterocycles. The molecule has 0 saturated carbocycles. The van der Waals surface area contributed by atoms with Crippen LogP contribution in [0, 0.1) is 19.3 Å². The molecule has 0 amide bonds. The van der Waals surface area contributed by atoms with Crippen LogP contribution in [0.25, 0.3) is 53.8 Å². The normalized spacial score (nSPS) is 12.6. The zero-order valence-corrected chi connectivity index (χ0v) is 18.6. The lowest BCUT2D eigenvalue weighted by molar-refractivity contribution is -0.643. The Hall–Kier alpha value is -3.71. The first kappa shape index (κ1) is 19.0. The van der Waals surface area contributed by atoms with Crippen molar-refractivity contribution in [3.8, 4) is 0 Å². The Kier molecular flexibility index (Phi) is 3.67. The van der Waals surface area contributed by atoms with Crippen molar-refractivity contribution in [2.24, 2.45) is 7.05 Å². The maximum absolute atomic E-state index is 15.1. The van der Waals surface area contributed by atoms with Gasteiger partial charge in [0.25, 0.3) is 0 Å². The van der Waals surface area contributed by atoms with E-state index in [2.05, 4.69) is 58.2 Å². The van der Waals surface area contributed by atoms with Crippen molar-refractivity contribution in [3.05, 3.63) is 83.1 Å². The second-order valence-corrected chi connectivity index (χ2v) is 9.58. The maximum Gasteiger partial charge on any atom is 0.231 e. The summed E-state index contributed by atoms with van der Waals surface area (Å²) in [6.07, 6.45) is 2.76. The molecule has 0 aliphatic rings. The lowest BCUT2D eigenvalue weighted by Crippen LogP contribution is -2.29. The number of hydrogen-bond donors (Lipinski definition) is 0. The van der Waals surface area contributed by atoms with Gasteiger partial charge in [-0.25, -0.2) is 15.5 Å². The third-order valence-electron chi connectivity index (χ3n) is 6.80. The molecule has 6 rings (SSSR count). The molecule has 156 valence electrons. The summed E-state index contributed by atoms with van der Waals surface area (Å²) in [5.74, 6) is -0.196. The summed E-state index contributed by atoms with van der Waals surface area (Å²) in [6, 6.07) is 16.0. The van der Waals surface area contributed by atoms with E-state index >= 15 is 4.39 Å². The zero-order valence-electron chi connectivity index (χ0n) is 18.6. The minimum absolute atomic E-state index is 0.196. The van der Waals surface area contributed by atoms with Gasteiger partial charge in [-0.3, -0.25) is 0 Å². The Balaban J connectivity index is 1.95. The summed E-state index contributed by atoms with van der Waals surface area (Å²) >= 11 is 0. The summed E-state index contributed by atoms with van der Waals surface area (Å²) in [7, 11) is 2.08. The largest absolute Gasteiger partial charge is 0.311 e. The fraction of sp³-hybridized carbons (Fsp3) is 0.214. The number of rotatable bonds is 2. The molecule has 32 heavy (non-hydrogen) atoms. The van der Waals surface area contributed by atoms with Gasteiger partial charge in [-0.2, -0.15) is 0 Å². The molecule has 0 bridgehead atoms. The van der Waals surface area contributed by atoms with Gasteiger partial charge in [-0.1, -0.05) is 24.3 Å². The monoisotopic (exact) mass is 420 g/mol. The smallest absolute Gasteiger partial charge is 0.231 e. The Bertz CT molecular complexity index is 1770. The molecule has 0 aliphatic heterocycles. The van der Waals surface area contributed by atoms with Crippen molar-refractivity contribution < 1.29 is 8.96 Å². The molecular formula is C28H23FN3+. The number of aromatic nitrogens is 2. The average Bonchev–Trinajstić information content (AvgIpc) is 3.10. The molecule has 4 heteroatoms. The van der Waals surface area contributed by atoms with E-state index in [0.717, 1.165) is 43.8 Å². The van der Waals surface area contributed by atoms with Gasteiger partial charge in [0.05, 0.1) is 33.7 Å². The molecule has 0 saturated heterocycles. The van der Waals surface area contributed by atoms with E-state index in [1.165, 1.54) is 10.9 Å². The van der Waals surface area contributed by atoms with E-state index in [9.17, 15) is 0 Å². The number of aryl methyl sites for hydroxylation is 2. The summed E-state index contributed by atoms with van der Waals surface area (Å²) in [5.41, 5.74) is 5.98. The van der Waals surface area contributed by atoms with Crippen molar-refractivity contribution in [2.45, 2.75) is 32.7 Å². The molecule has 0 radical (unpaired) electrons. The molecule has 0 spiro atoms. The van der Waals surface area contributed by atoms with Gasteiger partial charge < -0.3 is 9.25 Å². The second-order valence-electron chi connectivity index (χ2n) is 9.58. The van der Waals surface area contributed by atoms with Crippen LogP contribution in [0.3, 0.4) is 0 Å². The number of nitrogens with zero attached hydrogens (tertiary/aromatic N) is 3. The number of pyridine rings is 2. The highest BCUT2D eigenvalue weighted by molar-refractivity contribution is 6.25. The SMILES string of the molecule is [C-]#[N+]C(C)(C)Cc1cc2cc[n+](C)c3c4c(C)ccc5c6c(F)cccc6n(c(c1)c23)c54. The van der Waals surface area contributed by atoms with Crippen LogP contribution < -0.4 is 4.57 Å². The van der Waals surface area contributed by atoms with Crippen LogP contribution in [0.15, 0.2) is 54.7 Å². The standard InChI is InChI=1S/C28H23FN3/c1-16-9-10-19-25-20(29)7-6-8-21(25)32-22-14-17(15-28(2,3)30-4)13-18-11-12-31(5)27(24(18)22)23(16)26(19)32/h6-14H,15H2,1-3,5H3/q+1. The maximum atomic E-state index is 15.1. The Labute approximate surface area is 185 Å². The van der Waals surface area contributed by atoms with E-state index in [0.29, 0.717) is 11.8 Å². The lowest BCUT2D eigenvalue weighted by atomic mass is 9.92. The van der Waals surface area contributed by atoms with Gasteiger partial charge >= 0.3 is 0 Å². The van der Waals surface area contributed by atoms with Crippen LogP contribution in [-0.2, 0) is 13.5 Å². The molecule has 3 aromatic carbocycles. The zero-order chi connectivity index (χ0) is 22.4. The van der Waals surface area contributed by atoms with Crippen LogP contribution in [0.1, 0.15) is 25.0 Å². The van der Waals surface area contributed by atoms with Gasteiger partial charge in [0.2, 0.25) is 11.1 Å². The van der Waals surface area contributed by atoms with Gasteiger partial charge in [0.1, 0.15) is 12.9 Å². The van der Waals surface area contributed by atoms with E-state index in [1.54, 1.807) is 12.1 Å². The first-order chi connectivity index (χ1) is 15.3. The minimum atomic E-state index is -0.480. The van der Waals surface area contributed by atoms with E-state index in [-0.39, 0.29) is 5.82 Å². The van der Waals surface area contributed by atoms with Crippen molar-refractivity contribution >= 4 is 49.0 Å². The van der Waals surface area contributed by atoms with Crippen LogP contribution in [-0.4, -0.2) is 9.94 Å². The van der Waals surface area contributed by atoms with Crippen LogP contribution in [0.5, 0.6) is 0 Å². The second kappa shape index (κ2) is 6.17. The Morgan fingerprint density at radius 3 is 2.62 bits per heavy atom. The van der Waals surface area contributed by atoms with E-state index in [4.69, 9.17) is 6.57 Å². The Morgan fingerprint density at radius 2 is 1.84 bits per heavy atom. The number of hydrogen-bond acceptors (Lipinski definition) is 0. The van der Waals surface area contributed by atoms with Crippen molar-refractivity contribution in [3.63, 3.8) is 0 Å². The predicted molar refractivity (Wildman–Crippen MR) is 129 cm³/mol. The molecule has 0 fully saturated rings. The molecule has 0 N–H and O–H groups in total. The minimum Gasteiger partial charge on any atom is -0.311 e. The van der Waals surface area contributed by atoms with E-state index < -0.39 is 5.54 Å². The fourth-order valence-corrected chi connectivity index (χ4v) is 5.42. The van der Waals surface area contributed by atoms with Gasteiger partial charge in [-0.15, -0.1) is 0 Å². The number of halogens is 1. The van der Waals surface area contributed by atoms with Gasteiger partial charge in [0.15, 0.2) is 6.20 Å². The fourth-order valence-electron chi connectivity index (χ4n) is 5.42. The number of fused-ring (bicyclic) bond motifs is 5. The van der Waals surface area contributed by atoms with E-state index in [1.807, 2.05) is 26.0 Å². The highest BCUT2D eigenvalue weighted by atomic mass is 19.1. The van der Waals surface area contributed by atoms with Gasteiger partial charge in [0, 0.05) is 30.7 Å². The Morgan fingerprint density at radius 1 is 1.03 bits per heavy atom. The van der Waals surface area contributed by atoms with Crippen LogP contribution in [0.2, 0.25) is 0 Å². The van der Waals surface area contributed by atoms with Crippen LogP contribution >= 0.6 is 0 Å². The molecule has 0 unspecified atom stereocenters. The highest BCUT2D eigenvalue weighted by Crippen LogP contribution is 2.41. The quantitative estimate of drug-likeness (QED) is 0.131. The highest BCUT2D eigenvalue weighted by Gasteiger charge is 2.27. The topological polar surface area (TPSA) is 12.7 Å². The summed E-state index contributed by atoms with van der Waals surface area (Å²) in [5, 5.41) is 5.08. The van der Waals surface area contributed by atoms with Crippen molar-refractivity contribution in [1.82, 2.24) is 4.40 Å². The number of benzene rings is 3. The summed E-state index contributed by atoms with van der Waals surface area (Å²) < 4.78 is 19.5. The molecule has 3 nitrogen and oxygen atoms in total. The molecular weight excluding hydrogens is 397 g/mol. The third kappa shape index (κ3) is 2.37. The molecule has 3 heterocycles. The molecule has 6 aromatic rings. The molecule has 0 aliphatic carbocycles. The predicted octanol–water partition coefficient (Wildman–Crippen LogP) is 6.50.